The topological polar surface area (TPSA) is 92.0 Å². The molecule has 3 heterocycles. The summed E-state index contributed by atoms with van der Waals surface area (Å²) in [6.07, 6.45) is 3.15. The normalized spacial score (nSPS) is 12.1. The van der Waals surface area contributed by atoms with Gasteiger partial charge in [0.25, 0.3) is 0 Å². The summed E-state index contributed by atoms with van der Waals surface area (Å²) < 4.78 is 7.96. The molecule has 4 rings (SSSR count). The van der Waals surface area contributed by atoms with Crippen LogP contribution in [-0.2, 0) is 17.8 Å². The molecule has 0 saturated carbocycles. The molecule has 1 unspecified atom stereocenters. The van der Waals surface area contributed by atoms with Gasteiger partial charge in [0.05, 0.1) is 34.3 Å². The molecule has 0 spiro atoms. The zero-order chi connectivity index (χ0) is 25.8. The number of pyridine rings is 2. The van der Waals surface area contributed by atoms with Gasteiger partial charge < -0.3 is 20.1 Å². The summed E-state index contributed by atoms with van der Waals surface area (Å²) in [4.78, 5) is 22.9. The minimum Gasteiger partial charge on any atom is -0.485 e. The zero-order valence-corrected chi connectivity index (χ0v) is 21.7. The van der Waals surface area contributed by atoms with Gasteiger partial charge in [-0.1, -0.05) is 36.2 Å². The number of aliphatic hydroxyl groups excluding tert-OH is 1. The van der Waals surface area contributed by atoms with E-state index in [-0.39, 0.29) is 19.1 Å². The number of ether oxygens (including phenoxy) is 1. The van der Waals surface area contributed by atoms with E-state index in [2.05, 4.69) is 10.3 Å². The summed E-state index contributed by atoms with van der Waals surface area (Å²) in [6, 6.07) is 12.4. The second-order valence-corrected chi connectivity index (χ2v) is 8.94. The highest BCUT2D eigenvalue weighted by Crippen LogP contribution is 2.35. The van der Waals surface area contributed by atoms with E-state index in [0.29, 0.717) is 50.5 Å². The number of imidazole rings is 1. The van der Waals surface area contributed by atoms with Gasteiger partial charge in [-0.15, -0.1) is 0 Å². The molecule has 0 fully saturated rings. The lowest BCUT2D eigenvalue weighted by molar-refractivity contribution is -0.117. The van der Waals surface area contributed by atoms with Crippen molar-refractivity contribution in [3.8, 4) is 5.75 Å². The number of rotatable bonds is 9. The number of amides is 1. The Bertz CT molecular complexity index is 1380. The number of halogens is 2. The van der Waals surface area contributed by atoms with Gasteiger partial charge in [0.2, 0.25) is 5.91 Å². The standard InChI is InChI=1S/C26H27Cl2N5O3/c1-4-18-24(25(35)19-8-5-6-12-30-19)33-13-7-9-21(26(33)31-18)36-15-16-17(27)10-11-20(23(16)28)32(3)22(34)14-29-2/h5-13,25,29,35H,4,14-15H2,1-3H3. The number of aliphatic hydroxyl groups is 1. The Morgan fingerprint density at radius 2 is 2.03 bits per heavy atom. The molecule has 0 radical (unpaired) electrons. The van der Waals surface area contributed by atoms with Crippen molar-refractivity contribution in [1.29, 1.82) is 0 Å². The lowest BCUT2D eigenvalue weighted by Crippen LogP contribution is -2.34. The highest BCUT2D eigenvalue weighted by Gasteiger charge is 2.23. The fourth-order valence-corrected chi connectivity index (χ4v) is 4.59. The maximum absolute atomic E-state index is 12.3. The van der Waals surface area contributed by atoms with Crippen molar-refractivity contribution < 1.29 is 14.6 Å². The molecule has 36 heavy (non-hydrogen) atoms. The fraction of sp³-hybridized carbons (Fsp3) is 0.269. The molecule has 4 aromatic rings. The highest BCUT2D eigenvalue weighted by molar-refractivity contribution is 6.38. The van der Waals surface area contributed by atoms with Crippen molar-refractivity contribution in [2.75, 3.05) is 25.5 Å². The average Bonchev–Trinajstić information content (AvgIpc) is 3.28. The molecule has 1 aromatic carbocycles. The average molecular weight is 528 g/mol. The van der Waals surface area contributed by atoms with E-state index in [1.54, 1.807) is 50.6 Å². The van der Waals surface area contributed by atoms with E-state index >= 15 is 0 Å². The monoisotopic (exact) mass is 527 g/mol. The van der Waals surface area contributed by atoms with Crippen molar-refractivity contribution in [1.82, 2.24) is 19.7 Å². The number of benzene rings is 1. The maximum Gasteiger partial charge on any atom is 0.240 e. The van der Waals surface area contributed by atoms with Crippen LogP contribution >= 0.6 is 23.2 Å². The van der Waals surface area contributed by atoms with Crippen LogP contribution in [0.2, 0.25) is 10.0 Å². The lowest BCUT2D eigenvalue weighted by Gasteiger charge is -2.21. The Labute approximate surface area is 219 Å². The largest absolute Gasteiger partial charge is 0.485 e. The number of fused-ring (bicyclic) bond motifs is 1. The van der Waals surface area contributed by atoms with E-state index in [4.69, 9.17) is 32.9 Å². The van der Waals surface area contributed by atoms with Crippen LogP contribution in [0, 0.1) is 0 Å². The molecule has 0 saturated heterocycles. The van der Waals surface area contributed by atoms with Crippen LogP contribution in [0.3, 0.4) is 0 Å². The van der Waals surface area contributed by atoms with E-state index in [9.17, 15) is 9.90 Å². The third-order valence-electron chi connectivity index (χ3n) is 5.89. The molecule has 0 bridgehead atoms. The van der Waals surface area contributed by atoms with Crippen LogP contribution in [-0.4, -0.2) is 46.0 Å². The lowest BCUT2D eigenvalue weighted by atomic mass is 10.1. The van der Waals surface area contributed by atoms with Crippen LogP contribution in [0.5, 0.6) is 5.75 Å². The molecular formula is C26H27Cl2N5O3. The van der Waals surface area contributed by atoms with E-state index in [1.165, 1.54) is 4.90 Å². The first-order valence-corrected chi connectivity index (χ1v) is 12.2. The maximum atomic E-state index is 12.3. The van der Waals surface area contributed by atoms with Crippen LogP contribution < -0.4 is 15.0 Å². The molecule has 10 heteroatoms. The first-order chi connectivity index (χ1) is 17.4. The Balaban J connectivity index is 1.67. The van der Waals surface area contributed by atoms with Gasteiger partial charge in [0.15, 0.2) is 11.4 Å². The predicted octanol–water partition coefficient (Wildman–Crippen LogP) is 4.44. The van der Waals surface area contributed by atoms with Crippen molar-refractivity contribution in [3.63, 3.8) is 0 Å². The third-order valence-corrected chi connectivity index (χ3v) is 6.67. The number of hydrogen-bond acceptors (Lipinski definition) is 6. The molecule has 0 aliphatic rings. The van der Waals surface area contributed by atoms with Gasteiger partial charge in [-0.2, -0.15) is 0 Å². The van der Waals surface area contributed by atoms with E-state index in [1.807, 2.05) is 29.7 Å². The Kier molecular flexibility index (Phi) is 8.11. The Morgan fingerprint density at radius 3 is 2.72 bits per heavy atom. The summed E-state index contributed by atoms with van der Waals surface area (Å²) in [6.45, 7) is 2.22. The molecule has 0 aliphatic carbocycles. The number of aryl methyl sites for hydroxylation is 1. The molecule has 1 atom stereocenters. The van der Waals surface area contributed by atoms with Gasteiger partial charge in [-0.25, -0.2) is 4.98 Å². The quantitative estimate of drug-likeness (QED) is 0.334. The molecule has 2 N–H and O–H groups in total. The number of nitrogens with zero attached hydrogens (tertiary/aromatic N) is 4. The van der Waals surface area contributed by atoms with E-state index < -0.39 is 6.10 Å². The van der Waals surface area contributed by atoms with Crippen LogP contribution in [0.25, 0.3) is 5.65 Å². The zero-order valence-electron chi connectivity index (χ0n) is 20.2. The van der Waals surface area contributed by atoms with Gasteiger partial charge in [-0.05, 0) is 49.9 Å². The number of hydrogen-bond donors (Lipinski definition) is 2. The summed E-state index contributed by atoms with van der Waals surface area (Å²) in [5, 5.41) is 14.7. The number of nitrogens with one attached hydrogen (secondary N) is 1. The van der Waals surface area contributed by atoms with Crippen molar-refractivity contribution >= 4 is 40.4 Å². The van der Waals surface area contributed by atoms with Crippen LogP contribution in [0.1, 0.15) is 35.7 Å². The molecule has 3 aromatic heterocycles. The van der Waals surface area contributed by atoms with Gasteiger partial charge >= 0.3 is 0 Å². The van der Waals surface area contributed by atoms with Crippen molar-refractivity contribution in [3.05, 3.63) is 87.5 Å². The van der Waals surface area contributed by atoms with E-state index in [0.717, 1.165) is 5.69 Å². The molecule has 8 nitrogen and oxygen atoms in total. The third kappa shape index (κ3) is 5.03. The van der Waals surface area contributed by atoms with Crippen molar-refractivity contribution in [2.24, 2.45) is 0 Å². The molecule has 0 aliphatic heterocycles. The van der Waals surface area contributed by atoms with Crippen molar-refractivity contribution in [2.45, 2.75) is 26.1 Å². The fourth-order valence-electron chi connectivity index (χ4n) is 3.98. The minimum absolute atomic E-state index is 0.0612. The number of anilines is 1. The smallest absolute Gasteiger partial charge is 0.240 e. The van der Waals surface area contributed by atoms with Crippen LogP contribution in [0.4, 0.5) is 5.69 Å². The highest BCUT2D eigenvalue weighted by atomic mass is 35.5. The summed E-state index contributed by atoms with van der Waals surface area (Å²) in [5.74, 6) is 0.366. The molecule has 1 amide bonds. The van der Waals surface area contributed by atoms with Gasteiger partial charge in [0, 0.05) is 30.0 Å². The number of aromatic nitrogens is 3. The molecule has 188 valence electrons. The Morgan fingerprint density at radius 1 is 1.22 bits per heavy atom. The second kappa shape index (κ2) is 11.3. The Hall–Kier alpha value is -3.17. The second-order valence-electron chi connectivity index (χ2n) is 8.15. The number of carbonyl (C=O) groups is 1. The molecular weight excluding hydrogens is 501 g/mol. The first-order valence-electron chi connectivity index (χ1n) is 11.5. The summed E-state index contributed by atoms with van der Waals surface area (Å²) >= 11 is 13.1. The predicted molar refractivity (Wildman–Crippen MR) is 141 cm³/mol. The number of likely N-dealkylation sites (N-methyl/N-ethyl adjacent to an activating group) is 2. The number of carbonyl (C=O) groups excluding carboxylic acids is 1. The van der Waals surface area contributed by atoms with Gasteiger partial charge in [0.1, 0.15) is 12.7 Å². The SMILES string of the molecule is CCc1nc2c(OCc3c(Cl)ccc(N(C)C(=O)CNC)c3Cl)cccn2c1C(O)c1ccccn1. The summed E-state index contributed by atoms with van der Waals surface area (Å²) in [7, 11) is 3.36. The summed E-state index contributed by atoms with van der Waals surface area (Å²) in [5.41, 5.74) is 3.56. The minimum atomic E-state index is -0.947. The van der Waals surface area contributed by atoms with Gasteiger partial charge in [-0.3, -0.25) is 14.2 Å². The van der Waals surface area contributed by atoms with Crippen LogP contribution in [0.15, 0.2) is 54.9 Å². The first kappa shape index (κ1) is 25.9.